The first-order valence-electron chi connectivity index (χ1n) is 11.1. The normalized spacial score (nSPS) is 24.0. The number of ketones is 1. The number of benzene rings is 2. The van der Waals surface area contributed by atoms with E-state index in [1.807, 2.05) is 12.2 Å². The number of amides is 3. The van der Waals surface area contributed by atoms with Gasteiger partial charge in [0.25, 0.3) is 23.4 Å². The van der Waals surface area contributed by atoms with E-state index < -0.39 is 46.8 Å². The van der Waals surface area contributed by atoms with Gasteiger partial charge in [0, 0.05) is 23.3 Å². The van der Waals surface area contributed by atoms with Crippen LogP contribution in [0, 0.1) is 33.8 Å². The minimum atomic E-state index is -0.855. The fourth-order valence-corrected chi connectivity index (χ4v) is 5.28. The lowest BCUT2D eigenvalue weighted by Crippen LogP contribution is -2.52. The lowest BCUT2D eigenvalue weighted by atomic mass is 9.85. The van der Waals surface area contributed by atoms with Gasteiger partial charge in [-0.1, -0.05) is 30.4 Å². The van der Waals surface area contributed by atoms with Crippen molar-refractivity contribution in [2.45, 2.75) is 6.42 Å². The van der Waals surface area contributed by atoms with Crippen LogP contribution in [-0.4, -0.2) is 52.1 Å². The third-order valence-electron chi connectivity index (χ3n) is 6.91. The van der Waals surface area contributed by atoms with Crippen molar-refractivity contribution in [2.24, 2.45) is 23.7 Å². The molecule has 2 aliphatic carbocycles. The Labute approximate surface area is 199 Å². The summed E-state index contributed by atoms with van der Waals surface area (Å²) in [5.41, 5.74) is -0.216. The Hall–Kier alpha value is -4.34. The van der Waals surface area contributed by atoms with Crippen molar-refractivity contribution in [2.75, 3.05) is 13.7 Å². The predicted octanol–water partition coefficient (Wildman–Crippen LogP) is 2.65. The van der Waals surface area contributed by atoms with Crippen molar-refractivity contribution in [1.82, 2.24) is 10.0 Å². The number of ether oxygens (including phenoxy) is 1. The van der Waals surface area contributed by atoms with Crippen LogP contribution in [0.3, 0.4) is 0 Å². The summed E-state index contributed by atoms with van der Waals surface area (Å²) < 4.78 is 5.15. The standard InChI is InChI=1S/C25H21N3O7/c1-35-19-7-3-4-14(12-19)20(29)13-26(23(30)17-5-2-6-18(11-17)28(33)34)27-24(31)21-15-8-9-16(10-15)22(21)25(27)32/h2-9,11-12,15-16,21-22H,10,13H2,1H3/t15-,16-,21-,22-/m0/s1. The van der Waals surface area contributed by atoms with Crippen LogP contribution in [-0.2, 0) is 9.59 Å². The van der Waals surface area contributed by atoms with Crippen LogP contribution in [0.4, 0.5) is 5.69 Å². The highest BCUT2D eigenvalue weighted by Gasteiger charge is 2.61. The van der Waals surface area contributed by atoms with Gasteiger partial charge in [-0.15, -0.1) is 0 Å². The van der Waals surface area contributed by atoms with Crippen LogP contribution in [0.2, 0.25) is 0 Å². The third-order valence-corrected chi connectivity index (χ3v) is 6.91. The maximum absolute atomic E-state index is 13.6. The second-order valence-electron chi connectivity index (χ2n) is 8.81. The Balaban J connectivity index is 1.52. The summed E-state index contributed by atoms with van der Waals surface area (Å²) in [6.07, 6.45) is 4.56. The number of nitro groups is 1. The molecule has 1 saturated heterocycles. The fraction of sp³-hybridized carbons (Fsp3) is 0.280. The van der Waals surface area contributed by atoms with Crippen LogP contribution in [0.5, 0.6) is 5.75 Å². The number of nitro benzene ring substituents is 1. The van der Waals surface area contributed by atoms with Crippen LogP contribution in [0.15, 0.2) is 60.7 Å². The van der Waals surface area contributed by atoms with Crippen molar-refractivity contribution in [1.29, 1.82) is 0 Å². The average Bonchev–Trinajstić information content (AvgIpc) is 3.56. The smallest absolute Gasteiger partial charge is 0.273 e. The number of hydrazine groups is 1. The molecule has 3 amide bonds. The van der Waals surface area contributed by atoms with Gasteiger partial charge in [0.2, 0.25) is 0 Å². The molecule has 2 aromatic carbocycles. The number of rotatable bonds is 7. The van der Waals surface area contributed by atoms with Crippen molar-refractivity contribution >= 4 is 29.2 Å². The number of Topliss-reactive ketones (excluding diaryl/α,β-unsaturated/α-hetero) is 1. The highest BCUT2D eigenvalue weighted by Crippen LogP contribution is 2.52. The molecular formula is C25H21N3O7. The molecule has 0 unspecified atom stereocenters. The van der Waals surface area contributed by atoms with Gasteiger partial charge in [0.1, 0.15) is 12.3 Å². The summed E-state index contributed by atoms with van der Waals surface area (Å²) in [6.45, 7) is -0.603. The number of methoxy groups -OCH3 is 1. The van der Waals surface area contributed by atoms with E-state index in [0.717, 1.165) is 16.1 Å². The molecule has 2 aromatic rings. The molecular weight excluding hydrogens is 454 g/mol. The van der Waals surface area contributed by atoms with E-state index in [-0.39, 0.29) is 28.7 Å². The Bertz CT molecular complexity index is 1270. The van der Waals surface area contributed by atoms with E-state index in [4.69, 9.17) is 4.74 Å². The maximum atomic E-state index is 13.6. The Morgan fingerprint density at radius 2 is 1.66 bits per heavy atom. The molecule has 178 valence electrons. The van der Waals surface area contributed by atoms with E-state index in [9.17, 15) is 29.3 Å². The highest BCUT2D eigenvalue weighted by atomic mass is 16.6. The monoisotopic (exact) mass is 475 g/mol. The van der Waals surface area contributed by atoms with Crippen LogP contribution in [0.25, 0.3) is 0 Å². The minimum Gasteiger partial charge on any atom is -0.497 e. The van der Waals surface area contributed by atoms with Gasteiger partial charge in [-0.25, -0.2) is 5.01 Å². The zero-order valence-electron chi connectivity index (χ0n) is 18.7. The molecule has 0 spiro atoms. The second kappa shape index (κ2) is 8.46. The van der Waals surface area contributed by atoms with Crippen LogP contribution < -0.4 is 4.74 Å². The van der Waals surface area contributed by atoms with Gasteiger partial charge < -0.3 is 4.74 Å². The number of hydrogen-bond donors (Lipinski definition) is 0. The van der Waals surface area contributed by atoms with E-state index in [1.165, 1.54) is 37.4 Å². The average molecular weight is 475 g/mol. The molecule has 4 atom stereocenters. The van der Waals surface area contributed by atoms with Crippen molar-refractivity contribution < 1.29 is 28.8 Å². The van der Waals surface area contributed by atoms with Gasteiger partial charge in [0.05, 0.1) is 23.9 Å². The number of carbonyl (C=O) groups excluding carboxylic acids is 4. The molecule has 0 aromatic heterocycles. The third kappa shape index (κ3) is 3.67. The number of fused-ring (bicyclic) bond motifs is 5. The second-order valence-corrected chi connectivity index (χ2v) is 8.81. The van der Waals surface area contributed by atoms with Gasteiger partial charge in [0.15, 0.2) is 5.78 Å². The number of carbonyl (C=O) groups is 4. The topological polar surface area (TPSA) is 127 Å². The largest absolute Gasteiger partial charge is 0.497 e. The summed E-state index contributed by atoms with van der Waals surface area (Å²) >= 11 is 0. The number of non-ortho nitro benzene ring substituents is 1. The maximum Gasteiger partial charge on any atom is 0.273 e. The summed E-state index contributed by atoms with van der Waals surface area (Å²) in [4.78, 5) is 64.1. The molecule has 2 fully saturated rings. The van der Waals surface area contributed by atoms with Gasteiger partial charge in [-0.3, -0.25) is 29.3 Å². The van der Waals surface area contributed by atoms with Gasteiger partial charge in [-0.05, 0) is 36.5 Å². The molecule has 1 aliphatic heterocycles. The molecule has 0 N–H and O–H groups in total. The molecule has 3 aliphatic rings. The minimum absolute atomic E-state index is 0.0877. The molecule has 5 rings (SSSR count). The molecule has 35 heavy (non-hydrogen) atoms. The number of nitrogens with zero attached hydrogens (tertiary/aromatic N) is 3. The molecule has 10 heteroatoms. The lowest BCUT2D eigenvalue weighted by molar-refractivity contribution is -0.384. The Kier molecular flexibility index (Phi) is 5.43. The zero-order valence-corrected chi connectivity index (χ0v) is 18.7. The molecule has 10 nitrogen and oxygen atoms in total. The van der Waals surface area contributed by atoms with E-state index in [0.29, 0.717) is 12.2 Å². The number of hydrogen-bond acceptors (Lipinski definition) is 7. The molecule has 2 bridgehead atoms. The number of imide groups is 1. The zero-order chi connectivity index (χ0) is 24.9. The quantitative estimate of drug-likeness (QED) is 0.198. The highest BCUT2D eigenvalue weighted by molar-refractivity contribution is 6.10. The summed E-state index contributed by atoms with van der Waals surface area (Å²) in [5.74, 6) is -3.35. The van der Waals surface area contributed by atoms with Gasteiger partial charge >= 0.3 is 0 Å². The number of allylic oxidation sites excluding steroid dienone is 2. The Morgan fingerprint density at radius 3 is 2.29 bits per heavy atom. The molecule has 0 radical (unpaired) electrons. The van der Waals surface area contributed by atoms with Crippen LogP contribution in [0.1, 0.15) is 27.1 Å². The summed E-state index contributed by atoms with van der Waals surface area (Å²) in [5, 5.41) is 12.8. The molecule has 1 heterocycles. The first kappa shape index (κ1) is 22.5. The fourth-order valence-electron chi connectivity index (χ4n) is 5.28. The van der Waals surface area contributed by atoms with Crippen LogP contribution >= 0.6 is 0 Å². The molecule has 1 saturated carbocycles. The van der Waals surface area contributed by atoms with E-state index in [2.05, 4.69) is 0 Å². The lowest BCUT2D eigenvalue weighted by Gasteiger charge is -2.30. The predicted molar refractivity (Wildman–Crippen MR) is 121 cm³/mol. The van der Waals surface area contributed by atoms with Crippen molar-refractivity contribution in [3.05, 3.63) is 81.9 Å². The Morgan fingerprint density at radius 1 is 1.03 bits per heavy atom. The van der Waals surface area contributed by atoms with Crippen molar-refractivity contribution in [3.63, 3.8) is 0 Å². The first-order valence-corrected chi connectivity index (χ1v) is 11.1. The summed E-state index contributed by atoms with van der Waals surface area (Å²) in [6, 6.07) is 11.2. The SMILES string of the molecule is COc1cccc(C(=O)CN(C(=O)c2cccc([N+](=O)[O-])c2)N2C(=O)[C@@H]3[C@@H](C2=O)[C@H]2C=C[C@H]3C2)c1. The van der Waals surface area contributed by atoms with E-state index in [1.54, 1.807) is 12.1 Å². The van der Waals surface area contributed by atoms with Gasteiger partial charge in [-0.2, -0.15) is 5.01 Å². The first-order chi connectivity index (χ1) is 16.8. The van der Waals surface area contributed by atoms with Crippen molar-refractivity contribution in [3.8, 4) is 5.75 Å². The van der Waals surface area contributed by atoms with E-state index >= 15 is 0 Å². The summed E-state index contributed by atoms with van der Waals surface area (Å²) in [7, 11) is 1.45.